The molecule has 2 aromatic rings. The Balaban J connectivity index is 2.31. The molecule has 82 valence electrons. The van der Waals surface area contributed by atoms with E-state index in [0.29, 0.717) is 11.0 Å². The summed E-state index contributed by atoms with van der Waals surface area (Å²) in [5.74, 6) is 1.23. The number of aromatic nitrogens is 2. The summed E-state index contributed by atoms with van der Waals surface area (Å²) in [6.07, 6.45) is 1.39. The lowest BCUT2D eigenvalue weighted by molar-refractivity contribution is 0.457. The van der Waals surface area contributed by atoms with Gasteiger partial charge in [0.05, 0.1) is 0 Å². The maximum absolute atomic E-state index is 5.88. The Morgan fingerprint density at radius 1 is 1.31 bits per heavy atom. The number of hydrogen-bond acceptors (Lipinski definition) is 3. The minimum atomic E-state index is 0.413. The molecule has 0 unspecified atom stereocenters. The summed E-state index contributed by atoms with van der Waals surface area (Å²) in [5.41, 5.74) is 0.739. The van der Waals surface area contributed by atoms with Crippen molar-refractivity contribution in [3.8, 4) is 11.6 Å². The van der Waals surface area contributed by atoms with Gasteiger partial charge in [-0.15, -0.1) is 0 Å². The molecule has 1 aromatic carbocycles. The number of halogens is 2. The van der Waals surface area contributed by atoms with E-state index in [2.05, 4.69) is 32.6 Å². The Morgan fingerprint density at radius 2 is 2.12 bits per heavy atom. The third-order valence-corrected chi connectivity index (χ3v) is 3.04. The summed E-state index contributed by atoms with van der Waals surface area (Å²) < 4.78 is 6.73. The summed E-state index contributed by atoms with van der Waals surface area (Å²) in [5, 5.41) is 0.413. The van der Waals surface area contributed by atoms with Crippen LogP contribution in [-0.4, -0.2) is 9.97 Å². The van der Waals surface area contributed by atoms with Crippen LogP contribution in [0.2, 0.25) is 5.15 Å². The van der Waals surface area contributed by atoms with Crippen molar-refractivity contribution >= 4 is 34.2 Å². The second-order valence-electron chi connectivity index (χ2n) is 3.15. The lowest BCUT2D eigenvalue weighted by Crippen LogP contribution is -1.93. The van der Waals surface area contributed by atoms with E-state index in [1.807, 2.05) is 31.2 Å². The van der Waals surface area contributed by atoms with Gasteiger partial charge >= 0.3 is 0 Å². The van der Waals surface area contributed by atoms with E-state index in [0.717, 1.165) is 14.9 Å². The molecule has 1 heterocycles. The molecule has 0 spiro atoms. The van der Waals surface area contributed by atoms with Gasteiger partial charge in [-0.1, -0.05) is 17.7 Å². The number of hydrogen-bond donors (Lipinski definition) is 0. The highest BCUT2D eigenvalue weighted by molar-refractivity contribution is 14.1. The Morgan fingerprint density at radius 3 is 2.88 bits per heavy atom. The molecule has 0 saturated carbocycles. The van der Waals surface area contributed by atoms with Crippen molar-refractivity contribution < 1.29 is 4.74 Å². The smallest absolute Gasteiger partial charge is 0.226 e. The van der Waals surface area contributed by atoms with Crippen molar-refractivity contribution in [2.24, 2.45) is 0 Å². The van der Waals surface area contributed by atoms with Crippen LogP contribution in [0.15, 0.2) is 30.6 Å². The number of rotatable bonds is 2. The lowest BCUT2D eigenvalue weighted by atomic mass is 10.3. The summed E-state index contributed by atoms with van der Waals surface area (Å²) >= 11 is 8.10. The third kappa shape index (κ3) is 2.62. The summed E-state index contributed by atoms with van der Waals surface area (Å²) in [7, 11) is 0. The van der Waals surface area contributed by atoms with Crippen LogP contribution < -0.4 is 4.74 Å². The zero-order valence-corrected chi connectivity index (χ0v) is 11.4. The topological polar surface area (TPSA) is 35.0 Å². The van der Waals surface area contributed by atoms with Crippen molar-refractivity contribution in [3.05, 3.63) is 44.9 Å². The molecule has 0 aliphatic heterocycles. The molecule has 1 aromatic heterocycles. The molecular formula is C11H8ClIN2O. The largest absolute Gasteiger partial charge is 0.439 e. The first-order chi connectivity index (χ1) is 7.66. The first-order valence-electron chi connectivity index (χ1n) is 4.57. The fraction of sp³-hybridized carbons (Fsp3) is 0.0909. The van der Waals surface area contributed by atoms with Gasteiger partial charge in [0.25, 0.3) is 0 Å². The summed E-state index contributed by atoms with van der Waals surface area (Å²) in [6.45, 7) is 1.82. The molecular weight excluding hydrogens is 338 g/mol. The van der Waals surface area contributed by atoms with E-state index >= 15 is 0 Å². The molecule has 0 bridgehead atoms. The SMILES string of the molecule is Cc1c(Cl)ncnc1Oc1cccc(I)c1. The molecule has 0 fully saturated rings. The molecule has 0 amide bonds. The van der Waals surface area contributed by atoms with Gasteiger partial charge in [0.2, 0.25) is 5.88 Å². The molecule has 3 nitrogen and oxygen atoms in total. The predicted octanol–water partition coefficient (Wildman–Crippen LogP) is 3.84. The van der Waals surface area contributed by atoms with Gasteiger partial charge in [0.1, 0.15) is 17.2 Å². The maximum atomic E-state index is 5.88. The fourth-order valence-electron chi connectivity index (χ4n) is 1.16. The van der Waals surface area contributed by atoms with Crippen molar-refractivity contribution in [2.75, 3.05) is 0 Å². The van der Waals surface area contributed by atoms with Crippen LogP contribution >= 0.6 is 34.2 Å². The number of nitrogens with zero attached hydrogens (tertiary/aromatic N) is 2. The standard InChI is InChI=1S/C11H8ClIN2O/c1-7-10(12)14-6-15-11(7)16-9-4-2-3-8(13)5-9/h2-6H,1H3. The van der Waals surface area contributed by atoms with Crippen molar-refractivity contribution in [1.29, 1.82) is 0 Å². The summed E-state index contributed by atoms with van der Waals surface area (Å²) in [6, 6.07) is 7.72. The highest BCUT2D eigenvalue weighted by atomic mass is 127. The molecule has 0 radical (unpaired) electrons. The Kier molecular flexibility index (Phi) is 3.60. The van der Waals surface area contributed by atoms with Crippen molar-refractivity contribution in [2.45, 2.75) is 6.92 Å². The molecule has 2 rings (SSSR count). The van der Waals surface area contributed by atoms with E-state index in [1.54, 1.807) is 0 Å². The zero-order chi connectivity index (χ0) is 11.5. The van der Waals surface area contributed by atoms with Crippen molar-refractivity contribution in [1.82, 2.24) is 9.97 Å². The van der Waals surface area contributed by atoms with E-state index < -0.39 is 0 Å². The van der Waals surface area contributed by atoms with E-state index in [-0.39, 0.29) is 0 Å². The molecule has 0 saturated heterocycles. The first-order valence-corrected chi connectivity index (χ1v) is 6.03. The predicted molar refractivity (Wildman–Crippen MR) is 71.0 cm³/mol. The van der Waals surface area contributed by atoms with E-state index in [1.165, 1.54) is 6.33 Å². The Bertz CT molecular complexity index is 519. The van der Waals surface area contributed by atoms with Crippen LogP contribution in [0.5, 0.6) is 11.6 Å². The highest BCUT2D eigenvalue weighted by Gasteiger charge is 2.07. The van der Waals surface area contributed by atoms with Crippen LogP contribution in [0.4, 0.5) is 0 Å². The van der Waals surface area contributed by atoms with Crippen LogP contribution in [-0.2, 0) is 0 Å². The zero-order valence-electron chi connectivity index (χ0n) is 8.45. The quantitative estimate of drug-likeness (QED) is 0.612. The monoisotopic (exact) mass is 346 g/mol. The number of benzene rings is 1. The number of ether oxygens (including phenoxy) is 1. The van der Waals surface area contributed by atoms with Gasteiger partial charge in [-0.2, -0.15) is 0 Å². The van der Waals surface area contributed by atoms with Gasteiger partial charge in [-0.25, -0.2) is 9.97 Å². The van der Waals surface area contributed by atoms with Gasteiger partial charge in [0.15, 0.2) is 0 Å². The van der Waals surface area contributed by atoms with Crippen molar-refractivity contribution in [3.63, 3.8) is 0 Å². The first kappa shape index (κ1) is 11.6. The fourth-order valence-corrected chi connectivity index (χ4v) is 1.80. The molecule has 0 aliphatic carbocycles. The van der Waals surface area contributed by atoms with Crippen LogP contribution in [0.1, 0.15) is 5.56 Å². The normalized spacial score (nSPS) is 10.2. The molecule has 5 heteroatoms. The molecule has 0 aliphatic rings. The van der Waals surface area contributed by atoms with E-state index in [4.69, 9.17) is 16.3 Å². The molecule has 16 heavy (non-hydrogen) atoms. The van der Waals surface area contributed by atoms with Crippen LogP contribution in [0, 0.1) is 10.5 Å². The Labute approximate surface area is 112 Å². The molecule has 0 N–H and O–H groups in total. The third-order valence-electron chi connectivity index (χ3n) is 1.99. The second kappa shape index (κ2) is 4.97. The van der Waals surface area contributed by atoms with Crippen LogP contribution in [0.25, 0.3) is 0 Å². The lowest BCUT2D eigenvalue weighted by Gasteiger charge is -2.07. The van der Waals surface area contributed by atoms with Crippen LogP contribution in [0.3, 0.4) is 0 Å². The summed E-state index contributed by atoms with van der Waals surface area (Å²) in [4.78, 5) is 7.92. The second-order valence-corrected chi connectivity index (χ2v) is 4.76. The van der Waals surface area contributed by atoms with Gasteiger partial charge < -0.3 is 4.74 Å². The highest BCUT2D eigenvalue weighted by Crippen LogP contribution is 2.26. The minimum Gasteiger partial charge on any atom is -0.439 e. The minimum absolute atomic E-state index is 0.413. The molecule has 0 atom stereocenters. The van der Waals surface area contributed by atoms with Gasteiger partial charge in [0, 0.05) is 9.13 Å². The average molecular weight is 347 g/mol. The maximum Gasteiger partial charge on any atom is 0.226 e. The average Bonchev–Trinajstić information content (AvgIpc) is 2.25. The Hall–Kier alpha value is -0.880. The van der Waals surface area contributed by atoms with E-state index in [9.17, 15) is 0 Å². The van der Waals surface area contributed by atoms with Gasteiger partial charge in [-0.3, -0.25) is 0 Å². The van der Waals surface area contributed by atoms with Gasteiger partial charge in [-0.05, 0) is 47.7 Å².